The third-order valence-corrected chi connectivity index (χ3v) is 6.41. The van der Waals surface area contributed by atoms with Crippen molar-refractivity contribution in [1.82, 2.24) is 24.9 Å². The number of anilines is 4. The topological polar surface area (TPSA) is 167 Å². The molecule has 1 aromatic carbocycles. The van der Waals surface area contributed by atoms with Gasteiger partial charge in [0.25, 0.3) is 0 Å². The van der Waals surface area contributed by atoms with Crippen molar-refractivity contribution < 1.29 is 14.3 Å². The monoisotopic (exact) mass is 510 g/mol. The maximum atomic E-state index is 14.7. The molecule has 1 aliphatic carbocycles. The number of carbonyl (C=O) groups is 1. The van der Waals surface area contributed by atoms with Crippen LogP contribution in [0.25, 0.3) is 5.65 Å². The molecule has 0 bridgehead atoms. The number of nitrogens with zero attached hydrogens (tertiary/aromatic N) is 7. The van der Waals surface area contributed by atoms with Crippen molar-refractivity contribution in [3.05, 3.63) is 34.6 Å². The lowest BCUT2D eigenvalue weighted by atomic mass is 10.0. The van der Waals surface area contributed by atoms with Crippen LogP contribution in [-0.4, -0.2) is 62.1 Å². The van der Waals surface area contributed by atoms with E-state index in [0.29, 0.717) is 29.4 Å². The molecule has 1 saturated heterocycles. The summed E-state index contributed by atoms with van der Waals surface area (Å²) in [6.07, 6.45) is 0.898. The molecule has 2 aromatic heterocycles. The minimum atomic E-state index is -1.46. The van der Waals surface area contributed by atoms with Crippen molar-refractivity contribution in [3.8, 4) is 12.1 Å². The van der Waals surface area contributed by atoms with Gasteiger partial charge in [-0.05, 0) is 31.4 Å². The van der Waals surface area contributed by atoms with Crippen LogP contribution in [0.3, 0.4) is 0 Å². The van der Waals surface area contributed by atoms with E-state index in [1.54, 1.807) is 11.0 Å². The highest BCUT2D eigenvalue weighted by Crippen LogP contribution is 2.37. The van der Waals surface area contributed by atoms with E-state index in [1.165, 1.54) is 16.8 Å². The van der Waals surface area contributed by atoms with Gasteiger partial charge in [0.05, 0.1) is 46.8 Å². The number of rotatable bonds is 6. The van der Waals surface area contributed by atoms with Crippen molar-refractivity contribution in [1.29, 1.82) is 10.5 Å². The van der Waals surface area contributed by atoms with Crippen LogP contribution in [0.4, 0.5) is 32.3 Å². The van der Waals surface area contributed by atoms with Crippen LogP contribution in [0, 0.1) is 22.7 Å². The van der Waals surface area contributed by atoms with Gasteiger partial charge in [-0.1, -0.05) is 11.6 Å². The molecule has 1 aliphatic heterocycles. The largest absolute Gasteiger partial charge is 0.465 e. The predicted molar refractivity (Wildman–Crippen MR) is 128 cm³/mol. The molecule has 2 fully saturated rings. The van der Waals surface area contributed by atoms with E-state index in [1.807, 2.05) is 6.07 Å². The molecule has 2 aliphatic rings. The Hall–Kier alpha value is -4.36. The highest BCUT2D eigenvalue weighted by Gasteiger charge is 2.32. The highest BCUT2D eigenvalue weighted by molar-refractivity contribution is 6.36. The quantitative estimate of drug-likeness (QED) is 0.387. The van der Waals surface area contributed by atoms with Crippen LogP contribution in [0.2, 0.25) is 5.02 Å². The Kier molecular flexibility index (Phi) is 6.08. The van der Waals surface area contributed by atoms with Gasteiger partial charge in [0, 0.05) is 12.6 Å². The van der Waals surface area contributed by atoms with Crippen molar-refractivity contribution in [2.24, 2.45) is 0 Å². The summed E-state index contributed by atoms with van der Waals surface area (Å²) in [7, 11) is 0. The summed E-state index contributed by atoms with van der Waals surface area (Å²) in [6.45, 7) is 0.232. The summed E-state index contributed by atoms with van der Waals surface area (Å²) in [5.41, 5.74) is 1.65. The fourth-order valence-electron chi connectivity index (χ4n) is 4.09. The molecule has 1 amide bonds. The second-order valence-corrected chi connectivity index (χ2v) is 8.97. The molecule has 14 heteroatoms. The molecule has 36 heavy (non-hydrogen) atoms. The standard InChI is InChI=1S/C22H20ClFN10O2/c23-18-16(5-11(7-25)6-17(18)33-4-3-15(14(24)10-33)30-22(35)36)29-21-31-19(28-12-1-2-12)20-27-9-13(8-26)34(20)32-21/h5-6,9,12,14-15,30H,1-4,10H2,(H,35,36)(H2,28,29,31,32)/t14-,15-/m0/s1. The number of nitriles is 2. The number of benzene rings is 1. The first-order valence-corrected chi connectivity index (χ1v) is 11.6. The van der Waals surface area contributed by atoms with E-state index in [0.717, 1.165) is 12.8 Å². The molecule has 3 heterocycles. The number of hydrogen-bond acceptors (Lipinski definition) is 9. The van der Waals surface area contributed by atoms with E-state index < -0.39 is 18.3 Å². The number of halogens is 2. The average Bonchev–Trinajstić information content (AvgIpc) is 3.57. The lowest BCUT2D eigenvalue weighted by Gasteiger charge is -2.36. The zero-order valence-electron chi connectivity index (χ0n) is 18.7. The zero-order valence-corrected chi connectivity index (χ0v) is 19.5. The SMILES string of the molecule is N#Cc1cc(Nc2nc(NC3CC3)c3ncc(C#N)n3n2)c(Cl)c(N2CC[C@H](NC(=O)O)[C@@H](F)C2)c1. The van der Waals surface area contributed by atoms with Crippen LogP contribution in [0.5, 0.6) is 0 Å². The highest BCUT2D eigenvalue weighted by atomic mass is 35.5. The number of nitrogens with one attached hydrogen (secondary N) is 3. The summed E-state index contributed by atoms with van der Waals surface area (Å²) in [5.74, 6) is 0.577. The lowest BCUT2D eigenvalue weighted by Crippen LogP contribution is -2.52. The van der Waals surface area contributed by atoms with Gasteiger partial charge in [0.1, 0.15) is 12.2 Å². The van der Waals surface area contributed by atoms with E-state index in [-0.39, 0.29) is 41.2 Å². The van der Waals surface area contributed by atoms with Gasteiger partial charge in [-0.25, -0.2) is 14.2 Å². The summed E-state index contributed by atoms with van der Waals surface area (Å²) in [6, 6.07) is 6.64. The fraction of sp³-hybridized carbons (Fsp3) is 0.364. The molecule has 0 unspecified atom stereocenters. The summed E-state index contributed by atoms with van der Waals surface area (Å²) in [4.78, 5) is 21.3. The number of hydrogen-bond donors (Lipinski definition) is 4. The van der Waals surface area contributed by atoms with E-state index >= 15 is 0 Å². The van der Waals surface area contributed by atoms with Gasteiger partial charge < -0.3 is 26.0 Å². The number of alkyl halides is 1. The van der Waals surface area contributed by atoms with Gasteiger partial charge in [0.15, 0.2) is 17.2 Å². The normalized spacial score (nSPS) is 19.4. The molecular weight excluding hydrogens is 491 g/mol. The van der Waals surface area contributed by atoms with Gasteiger partial charge in [-0.15, -0.1) is 5.10 Å². The molecule has 5 rings (SSSR count). The molecule has 0 radical (unpaired) electrons. The summed E-state index contributed by atoms with van der Waals surface area (Å²) >= 11 is 6.69. The number of imidazole rings is 1. The number of piperidine rings is 1. The molecule has 184 valence electrons. The van der Waals surface area contributed by atoms with Crippen molar-refractivity contribution >= 4 is 46.5 Å². The van der Waals surface area contributed by atoms with Crippen molar-refractivity contribution in [2.75, 3.05) is 28.6 Å². The second-order valence-electron chi connectivity index (χ2n) is 8.59. The van der Waals surface area contributed by atoms with Gasteiger partial charge >= 0.3 is 6.09 Å². The Labute approximate surface area is 209 Å². The van der Waals surface area contributed by atoms with Crippen LogP contribution >= 0.6 is 11.6 Å². The average molecular weight is 511 g/mol. The Bertz CT molecular complexity index is 1430. The zero-order chi connectivity index (χ0) is 25.4. The van der Waals surface area contributed by atoms with Gasteiger partial charge in [0.2, 0.25) is 5.95 Å². The molecule has 0 spiro atoms. The third kappa shape index (κ3) is 4.61. The van der Waals surface area contributed by atoms with Crippen LogP contribution in [0.15, 0.2) is 18.3 Å². The Morgan fingerprint density at radius 2 is 2.06 bits per heavy atom. The number of aromatic nitrogens is 4. The van der Waals surface area contributed by atoms with E-state index in [4.69, 9.17) is 16.7 Å². The Morgan fingerprint density at radius 1 is 1.25 bits per heavy atom. The van der Waals surface area contributed by atoms with Crippen LogP contribution in [-0.2, 0) is 0 Å². The Balaban J connectivity index is 1.48. The van der Waals surface area contributed by atoms with Crippen LogP contribution in [0.1, 0.15) is 30.5 Å². The van der Waals surface area contributed by atoms with E-state index in [2.05, 4.69) is 37.1 Å². The van der Waals surface area contributed by atoms with Gasteiger partial charge in [-0.3, -0.25) is 0 Å². The van der Waals surface area contributed by atoms with E-state index in [9.17, 15) is 19.7 Å². The first-order chi connectivity index (χ1) is 17.4. The smallest absolute Gasteiger partial charge is 0.404 e. The minimum absolute atomic E-state index is 0.0997. The molecule has 2 atom stereocenters. The lowest BCUT2D eigenvalue weighted by molar-refractivity contribution is 0.168. The number of carboxylic acid groups (broad SMARTS) is 1. The summed E-state index contributed by atoms with van der Waals surface area (Å²) < 4.78 is 16.1. The third-order valence-electron chi connectivity index (χ3n) is 6.01. The van der Waals surface area contributed by atoms with Gasteiger partial charge in [-0.2, -0.15) is 20.0 Å². The molecule has 1 saturated carbocycles. The second kappa shape index (κ2) is 9.36. The first-order valence-electron chi connectivity index (χ1n) is 11.2. The van der Waals surface area contributed by atoms with Crippen molar-refractivity contribution in [3.63, 3.8) is 0 Å². The fourth-order valence-corrected chi connectivity index (χ4v) is 4.36. The summed E-state index contributed by atoms with van der Waals surface area (Å²) in [5, 5.41) is 41.0. The Morgan fingerprint density at radius 3 is 2.72 bits per heavy atom. The first kappa shape index (κ1) is 23.4. The minimum Gasteiger partial charge on any atom is -0.465 e. The maximum absolute atomic E-state index is 14.7. The molecule has 4 N–H and O–H groups in total. The van der Waals surface area contributed by atoms with Crippen molar-refractivity contribution in [2.45, 2.75) is 37.5 Å². The molecule has 3 aromatic rings. The number of fused-ring (bicyclic) bond motifs is 1. The van der Waals surface area contributed by atoms with Crippen LogP contribution < -0.4 is 20.9 Å². The number of amides is 1. The maximum Gasteiger partial charge on any atom is 0.404 e. The molecular formula is C22H20ClFN10O2. The molecule has 12 nitrogen and oxygen atoms in total. The predicted octanol–water partition coefficient (Wildman–Crippen LogP) is 3.02.